The van der Waals surface area contributed by atoms with Crippen LogP contribution < -0.4 is 10.6 Å². The standard InChI is InChI=1S/C13H18N2OS.ClH/c16-13(15-10-2-1-6-14-8-10)12-11(5-7-17-12)9-3-4-9;/h5,7,9-10,14H,1-4,6,8H2,(H,15,16);1H/t10-;/m0./s1. The molecule has 0 unspecified atom stereocenters. The zero-order valence-electron chi connectivity index (χ0n) is 10.3. The smallest absolute Gasteiger partial charge is 0.261 e. The molecule has 1 aliphatic carbocycles. The van der Waals surface area contributed by atoms with E-state index in [1.165, 1.54) is 18.4 Å². The second-order valence-corrected chi connectivity index (χ2v) is 5.91. The molecule has 1 atom stereocenters. The predicted molar refractivity (Wildman–Crippen MR) is 76.9 cm³/mol. The SMILES string of the molecule is Cl.O=C(N[C@H]1CCCNC1)c1sccc1C1CC1. The zero-order chi connectivity index (χ0) is 11.7. The third-order valence-corrected chi connectivity index (χ3v) is 4.48. The number of hydrogen-bond acceptors (Lipinski definition) is 3. The Morgan fingerprint density at radius 3 is 2.89 bits per heavy atom. The average molecular weight is 287 g/mol. The summed E-state index contributed by atoms with van der Waals surface area (Å²) in [5.41, 5.74) is 1.27. The van der Waals surface area contributed by atoms with Gasteiger partial charge in [-0.05, 0) is 55.2 Å². The Bertz CT molecular complexity index is 411. The van der Waals surface area contributed by atoms with E-state index in [-0.39, 0.29) is 18.3 Å². The largest absolute Gasteiger partial charge is 0.347 e. The highest BCUT2D eigenvalue weighted by molar-refractivity contribution is 7.12. The van der Waals surface area contributed by atoms with E-state index in [9.17, 15) is 4.79 Å². The maximum Gasteiger partial charge on any atom is 0.261 e. The van der Waals surface area contributed by atoms with Crippen molar-refractivity contribution < 1.29 is 4.79 Å². The minimum atomic E-state index is 0. The van der Waals surface area contributed by atoms with E-state index >= 15 is 0 Å². The van der Waals surface area contributed by atoms with E-state index in [1.54, 1.807) is 11.3 Å². The van der Waals surface area contributed by atoms with Crippen molar-refractivity contribution >= 4 is 29.7 Å². The summed E-state index contributed by atoms with van der Waals surface area (Å²) in [4.78, 5) is 13.1. The molecule has 2 aliphatic rings. The fraction of sp³-hybridized carbons (Fsp3) is 0.615. The number of thiophene rings is 1. The van der Waals surface area contributed by atoms with Crippen LogP contribution in [-0.4, -0.2) is 25.0 Å². The van der Waals surface area contributed by atoms with Crippen LogP contribution in [0.2, 0.25) is 0 Å². The van der Waals surface area contributed by atoms with Crippen LogP contribution in [-0.2, 0) is 0 Å². The molecular weight excluding hydrogens is 268 g/mol. The molecule has 3 rings (SSSR count). The van der Waals surface area contributed by atoms with Crippen LogP contribution >= 0.6 is 23.7 Å². The average Bonchev–Trinajstić information content (AvgIpc) is 3.08. The summed E-state index contributed by atoms with van der Waals surface area (Å²) in [7, 11) is 0. The summed E-state index contributed by atoms with van der Waals surface area (Å²) in [6.45, 7) is 1.99. The van der Waals surface area contributed by atoms with Gasteiger partial charge in [0.25, 0.3) is 5.91 Å². The molecule has 2 fully saturated rings. The fourth-order valence-electron chi connectivity index (χ4n) is 2.45. The van der Waals surface area contributed by atoms with Gasteiger partial charge in [0.1, 0.15) is 0 Å². The van der Waals surface area contributed by atoms with E-state index in [2.05, 4.69) is 16.7 Å². The molecule has 2 N–H and O–H groups in total. The topological polar surface area (TPSA) is 41.1 Å². The van der Waals surface area contributed by atoms with Crippen molar-refractivity contribution in [2.45, 2.75) is 37.6 Å². The molecule has 1 aromatic rings. The highest BCUT2D eigenvalue weighted by Crippen LogP contribution is 2.43. The third kappa shape index (κ3) is 3.05. The van der Waals surface area contributed by atoms with Crippen LogP contribution in [0.25, 0.3) is 0 Å². The lowest BCUT2D eigenvalue weighted by Gasteiger charge is -2.23. The lowest BCUT2D eigenvalue weighted by Crippen LogP contribution is -2.45. The number of amides is 1. The van der Waals surface area contributed by atoms with Crippen LogP contribution in [0.1, 0.15) is 46.8 Å². The van der Waals surface area contributed by atoms with Crippen molar-refractivity contribution in [3.8, 4) is 0 Å². The Kier molecular flexibility index (Phi) is 4.65. The van der Waals surface area contributed by atoms with Gasteiger partial charge >= 0.3 is 0 Å². The summed E-state index contributed by atoms with van der Waals surface area (Å²) in [5.74, 6) is 0.794. The molecule has 0 bridgehead atoms. The quantitative estimate of drug-likeness (QED) is 0.896. The minimum absolute atomic E-state index is 0. The molecule has 5 heteroatoms. The van der Waals surface area contributed by atoms with Crippen molar-refractivity contribution in [3.05, 3.63) is 21.9 Å². The predicted octanol–water partition coefficient (Wildman–Crippen LogP) is 2.53. The molecule has 0 aromatic carbocycles. The summed E-state index contributed by atoms with van der Waals surface area (Å²) in [6.07, 6.45) is 4.76. The van der Waals surface area contributed by atoms with Crippen molar-refractivity contribution in [2.24, 2.45) is 0 Å². The van der Waals surface area contributed by atoms with Gasteiger partial charge < -0.3 is 10.6 Å². The van der Waals surface area contributed by atoms with Gasteiger partial charge in [-0.3, -0.25) is 4.79 Å². The molecule has 3 nitrogen and oxygen atoms in total. The Hall–Kier alpha value is -0.580. The van der Waals surface area contributed by atoms with Crippen LogP contribution in [0.15, 0.2) is 11.4 Å². The van der Waals surface area contributed by atoms with Gasteiger partial charge in [-0.2, -0.15) is 0 Å². The van der Waals surface area contributed by atoms with E-state index in [0.717, 1.165) is 30.8 Å². The number of hydrogen-bond donors (Lipinski definition) is 2. The molecule has 1 saturated carbocycles. The van der Waals surface area contributed by atoms with E-state index in [4.69, 9.17) is 0 Å². The van der Waals surface area contributed by atoms with Gasteiger partial charge in [0.05, 0.1) is 4.88 Å². The van der Waals surface area contributed by atoms with Crippen molar-refractivity contribution in [1.82, 2.24) is 10.6 Å². The normalized spacial score (nSPS) is 23.2. The number of carbonyl (C=O) groups excluding carboxylic acids is 1. The number of piperidine rings is 1. The monoisotopic (exact) mass is 286 g/mol. The molecule has 2 heterocycles. The van der Waals surface area contributed by atoms with Gasteiger partial charge in [-0.15, -0.1) is 23.7 Å². The van der Waals surface area contributed by atoms with Crippen LogP contribution in [0.3, 0.4) is 0 Å². The molecule has 0 radical (unpaired) electrons. The number of carbonyl (C=O) groups is 1. The van der Waals surface area contributed by atoms with Crippen LogP contribution in [0.4, 0.5) is 0 Å². The van der Waals surface area contributed by atoms with Crippen LogP contribution in [0.5, 0.6) is 0 Å². The minimum Gasteiger partial charge on any atom is -0.347 e. The first kappa shape index (κ1) is 13.8. The molecule has 18 heavy (non-hydrogen) atoms. The van der Waals surface area contributed by atoms with Gasteiger partial charge in [-0.1, -0.05) is 0 Å². The molecule has 0 spiro atoms. The first-order chi connectivity index (χ1) is 8.34. The lowest BCUT2D eigenvalue weighted by molar-refractivity contribution is 0.0934. The first-order valence-electron chi connectivity index (χ1n) is 6.43. The fourth-order valence-corrected chi connectivity index (χ4v) is 3.33. The summed E-state index contributed by atoms with van der Waals surface area (Å²) in [6, 6.07) is 2.43. The number of halogens is 1. The highest BCUT2D eigenvalue weighted by Gasteiger charge is 2.29. The second-order valence-electron chi connectivity index (χ2n) is 5.00. The van der Waals surface area contributed by atoms with Crippen molar-refractivity contribution in [3.63, 3.8) is 0 Å². The van der Waals surface area contributed by atoms with Gasteiger partial charge in [0.2, 0.25) is 0 Å². The van der Waals surface area contributed by atoms with Gasteiger partial charge in [-0.25, -0.2) is 0 Å². The third-order valence-electron chi connectivity index (χ3n) is 3.55. The lowest BCUT2D eigenvalue weighted by atomic mass is 10.1. The Morgan fingerprint density at radius 2 is 2.22 bits per heavy atom. The van der Waals surface area contributed by atoms with Gasteiger partial charge in [0, 0.05) is 12.6 Å². The van der Waals surface area contributed by atoms with E-state index < -0.39 is 0 Å². The van der Waals surface area contributed by atoms with E-state index in [1.807, 2.05) is 5.38 Å². The summed E-state index contributed by atoms with van der Waals surface area (Å²) < 4.78 is 0. The van der Waals surface area contributed by atoms with Gasteiger partial charge in [0.15, 0.2) is 0 Å². The maximum absolute atomic E-state index is 12.2. The molecule has 100 valence electrons. The Morgan fingerprint density at radius 1 is 1.39 bits per heavy atom. The zero-order valence-corrected chi connectivity index (χ0v) is 11.9. The van der Waals surface area contributed by atoms with Crippen molar-refractivity contribution in [2.75, 3.05) is 13.1 Å². The van der Waals surface area contributed by atoms with Crippen molar-refractivity contribution in [1.29, 1.82) is 0 Å². The molecular formula is C13H19ClN2OS. The molecule has 1 saturated heterocycles. The van der Waals surface area contributed by atoms with E-state index in [0.29, 0.717) is 12.0 Å². The molecule has 1 aromatic heterocycles. The second kappa shape index (κ2) is 6.04. The highest BCUT2D eigenvalue weighted by atomic mass is 35.5. The number of nitrogens with one attached hydrogen (secondary N) is 2. The molecule has 1 aliphatic heterocycles. The summed E-state index contributed by atoms with van der Waals surface area (Å²) >= 11 is 1.58. The molecule has 1 amide bonds. The first-order valence-corrected chi connectivity index (χ1v) is 7.31. The number of rotatable bonds is 3. The Labute approximate surface area is 118 Å². The Balaban J connectivity index is 0.00000120. The summed E-state index contributed by atoms with van der Waals surface area (Å²) in [5, 5.41) is 8.52. The van der Waals surface area contributed by atoms with Crippen LogP contribution in [0, 0.1) is 0 Å². The maximum atomic E-state index is 12.2.